The number of thioether (sulfide) groups is 1. The van der Waals surface area contributed by atoms with Gasteiger partial charge in [-0.1, -0.05) is 19.6 Å². The van der Waals surface area contributed by atoms with Crippen LogP contribution in [0.2, 0.25) is 25.7 Å². The molecule has 0 aliphatic carbocycles. The van der Waals surface area contributed by atoms with E-state index in [0.717, 1.165) is 5.75 Å². The molecule has 0 radical (unpaired) electrons. The van der Waals surface area contributed by atoms with Gasteiger partial charge in [0.1, 0.15) is 0 Å². The highest BCUT2D eigenvalue weighted by atomic mass is 32.2. The van der Waals surface area contributed by atoms with Crippen LogP contribution in [0.1, 0.15) is 5.69 Å². The highest BCUT2D eigenvalue weighted by Crippen LogP contribution is 2.17. The fraction of sp³-hybridized carbons (Fsp3) is 0.700. The van der Waals surface area contributed by atoms with Gasteiger partial charge in [0.15, 0.2) is 0 Å². The van der Waals surface area contributed by atoms with E-state index in [-0.39, 0.29) is 0 Å². The number of hydrogen-bond donors (Lipinski definition) is 0. The molecule has 1 heterocycles. The molecule has 0 amide bonds. The van der Waals surface area contributed by atoms with Gasteiger partial charge in [0.25, 0.3) is 0 Å². The lowest BCUT2D eigenvalue weighted by Gasteiger charge is -2.14. The fourth-order valence-electron chi connectivity index (χ4n) is 1.08. The minimum absolute atomic E-state index is 0.836. The molecule has 0 aliphatic heterocycles. The molecule has 0 saturated carbocycles. The number of imidazole rings is 1. The van der Waals surface area contributed by atoms with Crippen LogP contribution in [0, 0.1) is 0 Å². The lowest BCUT2D eigenvalue weighted by atomic mass is 10.5. The van der Waals surface area contributed by atoms with E-state index in [2.05, 4.69) is 36.2 Å². The summed E-state index contributed by atoms with van der Waals surface area (Å²) in [6.45, 7) is 7.28. The maximum Gasteiger partial charge on any atom is 0.0945 e. The van der Waals surface area contributed by atoms with Crippen molar-refractivity contribution in [1.82, 2.24) is 9.55 Å². The third-order valence-electron chi connectivity index (χ3n) is 2.16. The van der Waals surface area contributed by atoms with Gasteiger partial charge in [0, 0.05) is 32.8 Å². The standard InChI is InChI=1S/C10H20N2SSi/c1-12-9-11-7-10(12)8-13-5-6-14(2,3)4/h7,9H,5-6,8H2,1-4H3. The van der Waals surface area contributed by atoms with Crippen molar-refractivity contribution in [1.29, 1.82) is 0 Å². The van der Waals surface area contributed by atoms with Gasteiger partial charge in [-0.05, 0) is 11.8 Å². The van der Waals surface area contributed by atoms with Gasteiger partial charge >= 0.3 is 0 Å². The van der Waals surface area contributed by atoms with Crippen LogP contribution in [-0.2, 0) is 12.8 Å². The fourth-order valence-corrected chi connectivity index (χ4v) is 4.74. The second-order valence-electron chi connectivity index (χ2n) is 4.86. The van der Waals surface area contributed by atoms with Gasteiger partial charge in [-0.2, -0.15) is 11.8 Å². The number of hydrogen-bond acceptors (Lipinski definition) is 2. The average Bonchev–Trinajstić information content (AvgIpc) is 2.44. The van der Waals surface area contributed by atoms with Crippen molar-refractivity contribution in [2.45, 2.75) is 31.4 Å². The van der Waals surface area contributed by atoms with Crippen LogP contribution < -0.4 is 0 Å². The Kier molecular flexibility index (Phi) is 4.25. The Morgan fingerprint density at radius 2 is 2.14 bits per heavy atom. The maximum atomic E-state index is 4.11. The minimum Gasteiger partial charge on any atom is -0.337 e. The highest BCUT2D eigenvalue weighted by Gasteiger charge is 2.11. The Morgan fingerprint density at radius 3 is 2.64 bits per heavy atom. The molecule has 1 rings (SSSR count). The van der Waals surface area contributed by atoms with Crippen LogP contribution in [0.3, 0.4) is 0 Å². The van der Waals surface area contributed by atoms with Crippen LogP contribution in [0.5, 0.6) is 0 Å². The molecule has 0 N–H and O–H groups in total. The molecule has 0 fully saturated rings. The Labute approximate surface area is 92.1 Å². The summed E-state index contributed by atoms with van der Waals surface area (Å²) in [4.78, 5) is 4.11. The third-order valence-corrected chi connectivity index (χ3v) is 5.27. The second-order valence-corrected chi connectivity index (χ2v) is 11.6. The van der Waals surface area contributed by atoms with E-state index in [4.69, 9.17) is 0 Å². The normalized spacial score (nSPS) is 12.0. The first kappa shape index (κ1) is 11.8. The molecule has 0 aromatic carbocycles. The van der Waals surface area contributed by atoms with Gasteiger partial charge in [-0.3, -0.25) is 0 Å². The van der Waals surface area contributed by atoms with Crippen molar-refractivity contribution in [3.63, 3.8) is 0 Å². The van der Waals surface area contributed by atoms with E-state index in [1.807, 2.05) is 24.3 Å². The summed E-state index contributed by atoms with van der Waals surface area (Å²) in [6.07, 6.45) is 3.83. The Morgan fingerprint density at radius 1 is 1.43 bits per heavy atom. The van der Waals surface area contributed by atoms with Crippen molar-refractivity contribution in [3.8, 4) is 0 Å². The molecule has 2 nitrogen and oxygen atoms in total. The number of rotatable bonds is 5. The first-order chi connectivity index (χ1) is 6.49. The van der Waals surface area contributed by atoms with Crippen LogP contribution >= 0.6 is 11.8 Å². The summed E-state index contributed by atoms with van der Waals surface area (Å²) in [5.41, 5.74) is 1.32. The van der Waals surface area contributed by atoms with Crippen molar-refractivity contribution < 1.29 is 0 Å². The molecule has 0 bridgehead atoms. The summed E-state index contributed by atoms with van der Waals surface area (Å²) >= 11 is 2.03. The largest absolute Gasteiger partial charge is 0.337 e. The SMILES string of the molecule is Cn1cncc1CSCC[Si](C)(C)C. The third kappa shape index (κ3) is 4.33. The summed E-state index contributed by atoms with van der Waals surface area (Å²) in [5.74, 6) is 2.39. The van der Waals surface area contributed by atoms with Crippen LogP contribution in [-0.4, -0.2) is 23.4 Å². The van der Waals surface area contributed by atoms with Crippen molar-refractivity contribution in [2.75, 3.05) is 5.75 Å². The van der Waals surface area contributed by atoms with Crippen LogP contribution in [0.25, 0.3) is 0 Å². The van der Waals surface area contributed by atoms with Gasteiger partial charge in [0.05, 0.1) is 6.33 Å². The van der Waals surface area contributed by atoms with E-state index in [0.29, 0.717) is 0 Å². The van der Waals surface area contributed by atoms with Crippen molar-refractivity contribution in [3.05, 3.63) is 18.2 Å². The summed E-state index contributed by atoms with van der Waals surface area (Å²) < 4.78 is 2.10. The lowest BCUT2D eigenvalue weighted by molar-refractivity contribution is 0.867. The highest BCUT2D eigenvalue weighted by molar-refractivity contribution is 7.98. The van der Waals surface area contributed by atoms with Crippen LogP contribution in [0.15, 0.2) is 12.5 Å². The molecule has 0 saturated heterocycles. The van der Waals surface area contributed by atoms with Crippen molar-refractivity contribution in [2.24, 2.45) is 7.05 Å². The van der Waals surface area contributed by atoms with Gasteiger partial charge in [0.2, 0.25) is 0 Å². The molecule has 80 valence electrons. The van der Waals surface area contributed by atoms with E-state index in [1.54, 1.807) is 0 Å². The van der Waals surface area contributed by atoms with E-state index >= 15 is 0 Å². The molecule has 0 spiro atoms. The number of aromatic nitrogens is 2. The zero-order chi connectivity index (χ0) is 10.6. The van der Waals surface area contributed by atoms with E-state index in [9.17, 15) is 0 Å². The van der Waals surface area contributed by atoms with Gasteiger partial charge in [-0.15, -0.1) is 0 Å². The zero-order valence-corrected chi connectivity index (χ0v) is 11.4. The maximum absolute atomic E-state index is 4.11. The first-order valence-corrected chi connectivity index (χ1v) is 9.88. The Bertz CT molecular complexity index is 278. The smallest absolute Gasteiger partial charge is 0.0945 e. The van der Waals surface area contributed by atoms with Gasteiger partial charge < -0.3 is 4.57 Å². The summed E-state index contributed by atoms with van der Waals surface area (Å²) in [7, 11) is 1.22. The lowest BCUT2D eigenvalue weighted by Crippen LogP contribution is -2.19. The quantitative estimate of drug-likeness (QED) is 0.569. The predicted octanol–water partition coefficient (Wildman–Crippen LogP) is 2.99. The topological polar surface area (TPSA) is 17.8 Å². The number of nitrogens with zero attached hydrogens (tertiary/aromatic N) is 2. The molecule has 1 aromatic heterocycles. The summed E-state index contributed by atoms with van der Waals surface area (Å²) in [5, 5.41) is 0. The predicted molar refractivity (Wildman–Crippen MR) is 67.5 cm³/mol. The zero-order valence-electron chi connectivity index (χ0n) is 9.58. The van der Waals surface area contributed by atoms with Gasteiger partial charge in [-0.25, -0.2) is 4.98 Å². The molecule has 0 unspecified atom stereocenters. The molecule has 0 aliphatic rings. The summed E-state index contributed by atoms with van der Waals surface area (Å²) in [6, 6.07) is 1.41. The first-order valence-electron chi connectivity index (χ1n) is 5.02. The van der Waals surface area contributed by atoms with Crippen LogP contribution in [0.4, 0.5) is 0 Å². The second kappa shape index (κ2) is 5.03. The molecular formula is C10H20N2SSi. The molecule has 4 heteroatoms. The van der Waals surface area contributed by atoms with E-state index < -0.39 is 8.07 Å². The molecule has 0 atom stereocenters. The van der Waals surface area contributed by atoms with E-state index in [1.165, 1.54) is 17.5 Å². The average molecular weight is 228 g/mol. The minimum atomic E-state index is -0.836. The monoisotopic (exact) mass is 228 g/mol. The Hall–Kier alpha value is -0.223. The number of aryl methyl sites for hydroxylation is 1. The molecular weight excluding hydrogens is 208 g/mol. The Balaban J connectivity index is 2.20. The van der Waals surface area contributed by atoms with Crippen molar-refractivity contribution >= 4 is 19.8 Å². The molecule has 14 heavy (non-hydrogen) atoms. The molecule has 1 aromatic rings.